The number of amides is 1. The second-order valence-corrected chi connectivity index (χ2v) is 7.01. The average Bonchev–Trinajstić information content (AvgIpc) is 3.20. The molecule has 0 bridgehead atoms. The number of aliphatic imine (C=N–C) groups is 1. The van der Waals surface area contributed by atoms with Crippen molar-refractivity contribution in [2.45, 2.75) is 25.4 Å². The van der Waals surface area contributed by atoms with Crippen molar-refractivity contribution >= 4 is 23.7 Å². The fourth-order valence-electron chi connectivity index (χ4n) is 3.10. The van der Waals surface area contributed by atoms with Crippen LogP contribution < -0.4 is 10.6 Å². The summed E-state index contributed by atoms with van der Waals surface area (Å²) in [5.74, 6) is 0.732. The summed E-state index contributed by atoms with van der Waals surface area (Å²) in [6.45, 7) is 1.96. The number of halogens is 1. The van der Waals surface area contributed by atoms with Gasteiger partial charge in [-0.3, -0.25) is 4.99 Å². The molecule has 2 aromatic rings. The van der Waals surface area contributed by atoms with Gasteiger partial charge >= 0.3 is 6.09 Å². The van der Waals surface area contributed by atoms with E-state index in [1.54, 1.807) is 11.9 Å². The standard InChI is InChI=1S/C19H25ClN6O2/c1-21-18(24-16-7-9-25(10-8-16)19(27)28-2)22-11-14-12-23-26(13-14)17-5-3-15(20)4-6-17/h3-6,12-13,16H,7-11H2,1-2H3,(H2,21,22,24). The lowest BCUT2D eigenvalue weighted by Gasteiger charge is -2.32. The Morgan fingerprint density at radius 3 is 2.68 bits per heavy atom. The van der Waals surface area contributed by atoms with Gasteiger partial charge in [-0.2, -0.15) is 5.10 Å². The molecule has 9 heteroatoms. The number of guanidine groups is 1. The SMILES string of the molecule is CN=C(NCc1cnn(-c2ccc(Cl)cc2)c1)NC1CCN(C(=O)OC)CC1. The molecule has 28 heavy (non-hydrogen) atoms. The van der Waals surface area contributed by atoms with E-state index in [-0.39, 0.29) is 12.1 Å². The number of carbonyl (C=O) groups is 1. The Kier molecular flexibility index (Phi) is 6.76. The quantitative estimate of drug-likeness (QED) is 0.604. The highest BCUT2D eigenvalue weighted by Crippen LogP contribution is 2.14. The molecule has 1 aromatic heterocycles. The number of nitrogens with one attached hydrogen (secondary N) is 2. The topological polar surface area (TPSA) is 83.8 Å². The van der Waals surface area contributed by atoms with Crippen LogP contribution in [0.1, 0.15) is 18.4 Å². The number of hydrogen-bond acceptors (Lipinski definition) is 4. The van der Waals surface area contributed by atoms with Crippen LogP contribution in [0.25, 0.3) is 5.69 Å². The number of rotatable bonds is 4. The van der Waals surface area contributed by atoms with Crippen molar-refractivity contribution in [1.82, 2.24) is 25.3 Å². The van der Waals surface area contributed by atoms with E-state index >= 15 is 0 Å². The van der Waals surface area contributed by atoms with Crippen LogP contribution in [0.4, 0.5) is 4.79 Å². The van der Waals surface area contributed by atoms with Gasteiger partial charge in [0.1, 0.15) is 0 Å². The number of methoxy groups -OCH3 is 1. The normalized spacial score (nSPS) is 15.4. The molecule has 1 aliphatic heterocycles. The summed E-state index contributed by atoms with van der Waals surface area (Å²) in [5, 5.41) is 11.8. The zero-order valence-corrected chi connectivity index (χ0v) is 16.8. The summed E-state index contributed by atoms with van der Waals surface area (Å²) in [4.78, 5) is 17.6. The molecule has 0 atom stereocenters. The molecule has 0 aliphatic carbocycles. The van der Waals surface area contributed by atoms with Gasteiger partial charge in [-0.1, -0.05) is 11.6 Å². The van der Waals surface area contributed by atoms with Crippen LogP contribution in [0.2, 0.25) is 5.02 Å². The lowest BCUT2D eigenvalue weighted by molar-refractivity contribution is 0.111. The first-order valence-electron chi connectivity index (χ1n) is 9.18. The maximum absolute atomic E-state index is 11.6. The number of nitrogens with zero attached hydrogens (tertiary/aromatic N) is 4. The Labute approximate surface area is 169 Å². The first-order chi connectivity index (χ1) is 13.6. The Morgan fingerprint density at radius 1 is 1.32 bits per heavy atom. The first kappa shape index (κ1) is 20.0. The number of hydrogen-bond donors (Lipinski definition) is 2. The van der Waals surface area contributed by atoms with Gasteiger partial charge in [-0.25, -0.2) is 9.48 Å². The van der Waals surface area contributed by atoms with Crippen LogP contribution in [0.15, 0.2) is 41.7 Å². The molecule has 1 amide bonds. The summed E-state index contributed by atoms with van der Waals surface area (Å²) in [6, 6.07) is 7.80. The molecule has 150 valence electrons. The van der Waals surface area contributed by atoms with Crippen molar-refractivity contribution in [2.24, 2.45) is 4.99 Å². The highest BCUT2D eigenvalue weighted by molar-refractivity contribution is 6.30. The monoisotopic (exact) mass is 404 g/mol. The van der Waals surface area contributed by atoms with Crippen LogP contribution in [-0.2, 0) is 11.3 Å². The van der Waals surface area contributed by atoms with E-state index in [1.165, 1.54) is 7.11 Å². The smallest absolute Gasteiger partial charge is 0.409 e. The Hall–Kier alpha value is -2.74. The van der Waals surface area contributed by atoms with Crippen LogP contribution in [0.5, 0.6) is 0 Å². The number of ether oxygens (including phenoxy) is 1. The Morgan fingerprint density at radius 2 is 2.04 bits per heavy atom. The van der Waals surface area contributed by atoms with E-state index in [0.29, 0.717) is 24.7 Å². The third kappa shape index (κ3) is 5.16. The molecular formula is C19H25ClN6O2. The van der Waals surface area contributed by atoms with Crippen molar-refractivity contribution in [2.75, 3.05) is 27.2 Å². The fourth-order valence-corrected chi connectivity index (χ4v) is 3.22. The fraction of sp³-hybridized carbons (Fsp3) is 0.421. The molecule has 0 spiro atoms. The lowest BCUT2D eigenvalue weighted by atomic mass is 10.1. The van der Waals surface area contributed by atoms with E-state index in [0.717, 1.165) is 30.1 Å². The minimum atomic E-state index is -0.265. The first-order valence-corrected chi connectivity index (χ1v) is 9.56. The molecule has 1 aliphatic rings. The van der Waals surface area contributed by atoms with Crippen molar-refractivity contribution in [1.29, 1.82) is 0 Å². The zero-order chi connectivity index (χ0) is 19.9. The number of likely N-dealkylation sites (tertiary alicyclic amines) is 1. The van der Waals surface area contributed by atoms with Crippen molar-refractivity contribution in [3.05, 3.63) is 47.2 Å². The lowest BCUT2D eigenvalue weighted by Crippen LogP contribution is -2.49. The molecule has 3 rings (SSSR count). The second-order valence-electron chi connectivity index (χ2n) is 6.57. The van der Waals surface area contributed by atoms with Crippen LogP contribution in [0, 0.1) is 0 Å². The molecule has 2 heterocycles. The minimum Gasteiger partial charge on any atom is -0.453 e. The van der Waals surface area contributed by atoms with E-state index < -0.39 is 0 Å². The van der Waals surface area contributed by atoms with Gasteiger partial charge in [0, 0.05) is 49.5 Å². The van der Waals surface area contributed by atoms with Gasteiger partial charge in [0.05, 0.1) is 19.0 Å². The summed E-state index contributed by atoms with van der Waals surface area (Å²) in [7, 11) is 3.16. The zero-order valence-electron chi connectivity index (χ0n) is 16.1. The molecule has 1 aromatic carbocycles. The number of aromatic nitrogens is 2. The third-order valence-corrected chi connectivity index (χ3v) is 4.93. The third-order valence-electron chi connectivity index (χ3n) is 4.68. The molecule has 8 nitrogen and oxygen atoms in total. The maximum atomic E-state index is 11.6. The van der Waals surface area contributed by atoms with Crippen molar-refractivity contribution in [3.63, 3.8) is 0 Å². The average molecular weight is 405 g/mol. The summed E-state index contributed by atoms with van der Waals surface area (Å²) >= 11 is 5.93. The van der Waals surface area contributed by atoms with Gasteiger partial charge in [0.25, 0.3) is 0 Å². The van der Waals surface area contributed by atoms with Gasteiger partial charge in [-0.05, 0) is 37.1 Å². The highest BCUT2D eigenvalue weighted by atomic mass is 35.5. The maximum Gasteiger partial charge on any atom is 0.409 e. The van der Waals surface area contributed by atoms with Gasteiger partial charge in [-0.15, -0.1) is 0 Å². The Bertz CT molecular complexity index is 812. The van der Waals surface area contributed by atoms with E-state index in [9.17, 15) is 4.79 Å². The molecule has 0 radical (unpaired) electrons. The predicted octanol–water partition coefficient (Wildman–Crippen LogP) is 2.42. The van der Waals surface area contributed by atoms with Gasteiger partial charge in [0.15, 0.2) is 5.96 Å². The highest BCUT2D eigenvalue weighted by Gasteiger charge is 2.23. The van der Waals surface area contributed by atoms with E-state index in [1.807, 2.05) is 41.3 Å². The molecule has 1 saturated heterocycles. The van der Waals surface area contributed by atoms with E-state index in [4.69, 9.17) is 16.3 Å². The summed E-state index contributed by atoms with van der Waals surface area (Å²) in [5.41, 5.74) is 1.99. The molecule has 0 unspecified atom stereocenters. The van der Waals surface area contributed by atoms with Crippen LogP contribution in [-0.4, -0.2) is 60.0 Å². The van der Waals surface area contributed by atoms with Crippen LogP contribution in [0.3, 0.4) is 0 Å². The molecule has 1 fully saturated rings. The van der Waals surface area contributed by atoms with Crippen LogP contribution >= 0.6 is 11.6 Å². The van der Waals surface area contributed by atoms with Crippen molar-refractivity contribution in [3.8, 4) is 5.69 Å². The number of piperidine rings is 1. The Balaban J connectivity index is 1.48. The van der Waals surface area contributed by atoms with Gasteiger partial charge < -0.3 is 20.3 Å². The van der Waals surface area contributed by atoms with Crippen molar-refractivity contribution < 1.29 is 9.53 Å². The van der Waals surface area contributed by atoms with Gasteiger partial charge in [0.2, 0.25) is 0 Å². The summed E-state index contributed by atoms with van der Waals surface area (Å²) in [6.07, 6.45) is 5.23. The largest absolute Gasteiger partial charge is 0.453 e. The molecule has 0 saturated carbocycles. The predicted molar refractivity (Wildman–Crippen MR) is 109 cm³/mol. The molecule has 2 N–H and O–H groups in total. The second kappa shape index (κ2) is 9.45. The molecular weight excluding hydrogens is 380 g/mol. The summed E-state index contributed by atoms with van der Waals surface area (Å²) < 4.78 is 6.58. The van der Waals surface area contributed by atoms with E-state index in [2.05, 4.69) is 20.7 Å². The number of benzene rings is 1. The minimum absolute atomic E-state index is 0.265. The number of carbonyl (C=O) groups excluding carboxylic acids is 1.